The summed E-state index contributed by atoms with van der Waals surface area (Å²) >= 11 is 0. The molecule has 0 saturated carbocycles. The van der Waals surface area contributed by atoms with Crippen molar-refractivity contribution in [1.82, 2.24) is 111 Å². The molecule has 10 heterocycles. The largest absolute Gasteiger partial charge is 0.312 e. The molecule has 0 bridgehead atoms. The van der Waals surface area contributed by atoms with Gasteiger partial charge in [0.2, 0.25) is 11.6 Å². The fourth-order valence-electron chi connectivity index (χ4n) is 7.53. The van der Waals surface area contributed by atoms with Crippen molar-refractivity contribution in [3.05, 3.63) is 90.4 Å². The summed E-state index contributed by atoms with van der Waals surface area (Å²) in [5.41, 5.74) is 9.11. The average molecular weight is 929 g/mol. The van der Waals surface area contributed by atoms with Gasteiger partial charge in [-0.2, -0.15) is 54.6 Å². The third-order valence-electron chi connectivity index (χ3n) is 11.0. The van der Waals surface area contributed by atoms with Gasteiger partial charge in [-0.1, -0.05) is 49.3 Å². The summed E-state index contributed by atoms with van der Waals surface area (Å²) < 4.78 is 0. The molecule has 22 nitrogen and oxygen atoms in total. The second kappa shape index (κ2) is 26.6. The Bertz CT molecular complexity index is 2530. The van der Waals surface area contributed by atoms with E-state index in [0.717, 1.165) is 132 Å². The number of nitrogens with one attached hydrogen (secondary N) is 3. The second-order valence-electron chi connectivity index (χ2n) is 16.9. The van der Waals surface area contributed by atoms with E-state index in [1.807, 2.05) is 33.4 Å². The summed E-state index contributed by atoms with van der Waals surface area (Å²) in [5.74, 6) is 4.37. The molecule has 0 spiro atoms. The number of aromatic nitrogens is 17. The molecule has 5 aliphatic rings. The molecule has 1 atom stereocenters. The van der Waals surface area contributed by atoms with Crippen LogP contribution in [0.4, 0.5) is 0 Å². The summed E-state index contributed by atoms with van der Waals surface area (Å²) in [6.07, 6.45) is 27.8. The fraction of sp³-hybridized carbons (Fsp3) is 0.522. The van der Waals surface area contributed by atoms with E-state index in [1.165, 1.54) is 26.3 Å². The average Bonchev–Trinajstić information content (AvgIpc) is 4.24. The number of aryl methyl sites for hydroxylation is 3. The van der Waals surface area contributed by atoms with Crippen LogP contribution < -0.4 is 16.0 Å². The highest BCUT2D eigenvalue weighted by Gasteiger charge is 2.16. The molecule has 1 unspecified atom stereocenters. The van der Waals surface area contributed by atoms with E-state index in [4.69, 9.17) is 6.42 Å². The van der Waals surface area contributed by atoms with Gasteiger partial charge in [-0.25, -0.2) is 0 Å². The SMILES string of the molecule is C#CCn1nnc(C2=CC(C)CNC2)n1.C=CCn1nnc(C2=CCCNC2)n1.CCn1ncc(C2=CCCN(C)C2)n1.CN1CCC=C(c2cnn(C)n2)C1.Cn1ncc(C2=CCCNC2)n1. The Morgan fingerprint density at radius 1 is 0.647 bits per heavy atom. The minimum Gasteiger partial charge on any atom is -0.312 e. The van der Waals surface area contributed by atoms with Crippen LogP contribution in [0.5, 0.6) is 0 Å². The Morgan fingerprint density at radius 3 is 1.69 bits per heavy atom. The maximum atomic E-state index is 5.16. The minimum absolute atomic E-state index is 0.364. The quantitative estimate of drug-likeness (QED) is 0.142. The van der Waals surface area contributed by atoms with Gasteiger partial charge >= 0.3 is 0 Å². The van der Waals surface area contributed by atoms with Crippen molar-refractivity contribution in [2.24, 2.45) is 20.0 Å². The summed E-state index contributed by atoms with van der Waals surface area (Å²) in [7, 11) is 7.94. The number of rotatable bonds is 9. The van der Waals surface area contributed by atoms with Crippen molar-refractivity contribution < 1.29 is 0 Å². The monoisotopic (exact) mass is 929 g/mol. The van der Waals surface area contributed by atoms with E-state index in [-0.39, 0.29) is 0 Å². The number of hydrogen-bond donors (Lipinski definition) is 3. The molecule has 3 N–H and O–H groups in total. The van der Waals surface area contributed by atoms with Crippen molar-refractivity contribution >= 4 is 27.9 Å². The van der Waals surface area contributed by atoms with Gasteiger partial charge in [-0.05, 0) is 92.9 Å². The van der Waals surface area contributed by atoms with Crippen LogP contribution in [-0.4, -0.2) is 175 Å². The molecule has 68 heavy (non-hydrogen) atoms. The van der Waals surface area contributed by atoms with Gasteiger partial charge < -0.3 is 25.8 Å². The molecule has 362 valence electrons. The topological polar surface area (TPSA) is 222 Å². The fourth-order valence-corrected chi connectivity index (χ4v) is 7.53. The highest BCUT2D eigenvalue weighted by atomic mass is 15.6. The first-order valence-electron chi connectivity index (χ1n) is 23.3. The molecule has 0 aromatic carbocycles. The van der Waals surface area contributed by atoms with E-state index in [2.05, 4.69) is 151 Å². The van der Waals surface area contributed by atoms with Crippen LogP contribution in [0.2, 0.25) is 0 Å². The van der Waals surface area contributed by atoms with Crippen LogP contribution in [0.1, 0.15) is 68.3 Å². The molecule has 5 aromatic rings. The first-order valence-corrected chi connectivity index (χ1v) is 23.3. The molecule has 0 aliphatic carbocycles. The number of terminal acetylenes is 1. The molecule has 0 saturated heterocycles. The third-order valence-corrected chi connectivity index (χ3v) is 11.0. The summed E-state index contributed by atoms with van der Waals surface area (Å²) in [4.78, 5) is 12.5. The number of tetrazole rings is 2. The normalized spacial score (nSPS) is 18.4. The maximum absolute atomic E-state index is 5.16. The summed E-state index contributed by atoms with van der Waals surface area (Å²) in [5, 5.41) is 59.2. The Hall–Kier alpha value is -6.64. The molecule has 0 fully saturated rings. The highest BCUT2D eigenvalue weighted by Crippen LogP contribution is 2.19. The molecule has 10 rings (SSSR count). The van der Waals surface area contributed by atoms with E-state index in [0.29, 0.717) is 24.8 Å². The van der Waals surface area contributed by atoms with E-state index in [1.54, 1.807) is 26.7 Å². The Morgan fingerprint density at radius 2 is 1.18 bits per heavy atom. The zero-order chi connectivity index (χ0) is 48.1. The molecular formula is C46H68N22. The lowest BCUT2D eigenvalue weighted by Crippen LogP contribution is -2.27. The molecule has 22 heteroatoms. The predicted octanol–water partition coefficient (Wildman–Crippen LogP) is 1.91. The van der Waals surface area contributed by atoms with Crippen LogP contribution in [-0.2, 0) is 33.7 Å². The van der Waals surface area contributed by atoms with Crippen molar-refractivity contribution in [2.75, 3.05) is 79.5 Å². The zero-order valence-electron chi connectivity index (χ0n) is 40.6. The Labute approximate surface area is 399 Å². The lowest BCUT2D eigenvalue weighted by molar-refractivity contribution is 0.372. The van der Waals surface area contributed by atoms with Crippen LogP contribution in [0.25, 0.3) is 27.9 Å². The molecule has 5 aromatic heterocycles. The zero-order valence-corrected chi connectivity index (χ0v) is 40.6. The first kappa shape index (κ1) is 50.8. The lowest BCUT2D eigenvalue weighted by atomic mass is 10.0. The predicted molar refractivity (Wildman–Crippen MR) is 263 cm³/mol. The van der Waals surface area contributed by atoms with Crippen LogP contribution in [0.3, 0.4) is 0 Å². The standard InChI is InChI=1S/C10H13N5.C10H16N4.C9H13N5.C9H14N4.C8H12N4/c1-3-4-15-13-10(12-14-15)9-5-8(2)6-11-7-9;1-3-14-11-7-10(12-14)9-5-4-6-13(2)8-9;1-2-6-14-12-9(11-13-14)8-4-3-5-10-7-8;1-12-5-3-4-8(7-12)9-6-10-13(2)11-9;1-12-10-6-8(11-12)7-3-2-4-9-5-7/h1,5,8,11H,4,6-7H2,2H3;5,7H,3-4,6,8H2,1-2H3;2,4,10H,1,3,5-7H2;4,6H,3,5,7H2,1-2H3;3,6,9H,2,4-5H2,1H3. The second-order valence-corrected chi connectivity index (χ2v) is 16.9. The van der Waals surface area contributed by atoms with Crippen LogP contribution >= 0.6 is 0 Å². The van der Waals surface area contributed by atoms with Gasteiger partial charge in [0.25, 0.3) is 0 Å². The van der Waals surface area contributed by atoms with Crippen molar-refractivity contribution in [1.29, 1.82) is 0 Å². The smallest absolute Gasteiger partial charge is 0.201 e. The number of allylic oxidation sites excluding steroid dienone is 1. The van der Waals surface area contributed by atoms with E-state index >= 15 is 0 Å². The van der Waals surface area contributed by atoms with Gasteiger partial charge in [-0.3, -0.25) is 0 Å². The van der Waals surface area contributed by atoms with Gasteiger partial charge in [-0.15, -0.1) is 33.4 Å². The van der Waals surface area contributed by atoms with E-state index in [9.17, 15) is 0 Å². The van der Waals surface area contributed by atoms with Crippen LogP contribution in [0.15, 0.2) is 61.6 Å². The van der Waals surface area contributed by atoms with Crippen LogP contribution in [0, 0.1) is 18.3 Å². The minimum atomic E-state index is 0.364. The summed E-state index contributed by atoms with van der Waals surface area (Å²) in [6.45, 7) is 19.5. The molecule has 0 radical (unpaired) electrons. The Balaban J connectivity index is 0.000000140. The molecule has 0 amide bonds. The summed E-state index contributed by atoms with van der Waals surface area (Å²) in [6, 6.07) is 0. The Kier molecular flexibility index (Phi) is 19.9. The number of likely N-dealkylation sites (N-methyl/N-ethyl adjacent to an activating group) is 2. The lowest BCUT2D eigenvalue weighted by Gasteiger charge is -2.21. The van der Waals surface area contributed by atoms with Gasteiger partial charge in [0, 0.05) is 77.6 Å². The van der Waals surface area contributed by atoms with Gasteiger partial charge in [0.05, 0.1) is 31.7 Å². The van der Waals surface area contributed by atoms with Crippen molar-refractivity contribution in [2.45, 2.75) is 59.2 Å². The number of hydrogen-bond acceptors (Lipinski definition) is 17. The van der Waals surface area contributed by atoms with Gasteiger partial charge in [0.1, 0.15) is 23.6 Å². The van der Waals surface area contributed by atoms with Crippen molar-refractivity contribution in [3.63, 3.8) is 0 Å². The molecular weight excluding hydrogens is 861 g/mol. The third kappa shape index (κ3) is 16.0. The van der Waals surface area contributed by atoms with Gasteiger partial charge in [0.15, 0.2) is 0 Å². The number of nitrogens with zero attached hydrogens (tertiary/aromatic N) is 19. The highest BCUT2D eigenvalue weighted by molar-refractivity contribution is 5.65. The maximum Gasteiger partial charge on any atom is 0.201 e. The van der Waals surface area contributed by atoms with E-state index < -0.39 is 0 Å². The van der Waals surface area contributed by atoms with Crippen molar-refractivity contribution in [3.8, 4) is 12.3 Å². The first-order chi connectivity index (χ1) is 33.1. The molecule has 5 aliphatic heterocycles.